The van der Waals surface area contributed by atoms with Crippen LogP contribution < -0.4 is 10.1 Å². The van der Waals surface area contributed by atoms with Crippen LogP contribution in [0.4, 0.5) is 5.69 Å². The second-order valence-electron chi connectivity index (χ2n) is 5.78. The van der Waals surface area contributed by atoms with E-state index in [1.54, 1.807) is 43.4 Å². The van der Waals surface area contributed by atoms with Crippen molar-refractivity contribution >= 4 is 40.7 Å². The lowest BCUT2D eigenvalue weighted by Crippen LogP contribution is -2.41. The molecule has 25 heavy (non-hydrogen) atoms. The summed E-state index contributed by atoms with van der Waals surface area (Å²) >= 11 is 12.0. The van der Waals surface area contributed by atoms with E-state index in [0.29, 0.717) is 28.0 Å². The maximum Gasteiger partial charge on any atom is 0.266 e. The molecule has 7 heteroatoms. The molecule has 0 unspecified atom stereocenters. The minimum Gasteiger partial charge on any atom is -0.478 e. The third-order valence-corrected chi connectivity index (χ3v) is 4.50. The number of ether oxygens (including phenoxy) is 1. The molecular formula is C18H16Cl2N2O3. The van der Waals surface area contributed by atoms with E-state index in [-0.39, 0.29) is 18.2 Å². The summed E-state index contributed by atoms with van der Waals surface area (Å²) in [6, 6.07) is 12.2. The average molecular weight is 379 g/mol. The number of carbonyl (C=O) groups excluding carboxylic acids is 2. The van der Waals surface area contributed by atoms with E-state index in [1.807, 2.05) is 6.07 Å². The number of nitrogens with one attached hydrogen (secondary N) is 1. The van der Waals surface area contributed by atoms with Crippen LogP contribution in [-0.2, 0) is 16.1 Å². The van der Waals surface area contributed by atoms with Crippen molar-refractivity contribution in [2.24, 2.45) is 0 Å². The van der Waals surface area contributed by atoms with Gasteiger partial charge in [-0.15, -0.1) is 0 Å². The topological polar surface area (TPSA) is 58.6 Å². The molecule has 5 nitrogen and oxygen atoms in total. The first-order chi connectivity index (χ1) is 11.9. The molecule has 1 N–H and O–H groups in total. The number of hydrogen-bond acceptors (Lipinski definition) is 3. The van der Waals surface area contributed by atoms with Gasteiger partial charge >= 0.3 is 0 Å². The van der Waals surface area contributed by atoms with Crippen LogP contribution in [0.15, 0.2) is 42.5 Å². The van der Waals surface area contributed by atoms with Crippen molar-refractivity contribution < 1.29 is 14.3 Å². The fourth-order valence-corrected chi connectivity index (χ4v) is 3.00. The Hall–Kier alpha value is -2.24. The summed E-state index contributed by atoms with van der Waals surface area (Å²) in [5.74, 6) is 0.0128. The largest absolute Gasteiger partial charge is 0.478 e. The van der Waals surface area contributed by atoms with Crippen molar-refractivity contribution in [2.45, 2.75) is 19.1 Å². The highest BCUT2D eigenvalue weighted by Crippen LogP contribution is 2.30. The second kappa shape index (κ2) is 7.33. The highest BCUT2D eigenvalue weighted by molar-refractivity contribution is 6.35. The number of para-hydroxylation sites is 2. The van der Waals surface area contributed by atoms with Crippen LogP contribution in [0.2, 0.25) is 10.0 Å². The Kier molecular flexibility index (Phi) is 5.16. The number of amides is 2. The third kappa shape index (κ3) is 4.06. The molecule has 1 aliphatic heterocycles. The summed E-state index contributed by atoms with van der Waals surface area (Å²) in [4.78, 5) is 26.1. The molecule has 2 aromatic rings. The first-order valence-electron chi connectivity index (χ1n) is 7.68. The van der Waals surface area contributed by atoms with Crippen LogP contribution in [0.3, 0.4) is 0 Å². The summed E-state index contributed by atoms with van der Waals surface area (Å²) in [5.41, 5.74) is 1.39. The molecule has 1 heterocycles. The number of rotatable bonds is 4. The molecule has 1 aliphatic rings. The van der Waals surface area contributed by atoms with Gasteiger partial charge in [-0.05, 0) is 29.8 Å². The molecule has 2 amide bonds. The van der Waals surface area contributed by atoms with Crippen LogP contribution in [0, 0.1) is 0 Å². The van der Waals surface area contributed by atoms with Gasteiger partial charge in [0.2, 0.25) is 5.91 Å². The molecule has 0 spiro atoms. The standard InChI is InChI=1S/C18H16Cl2N2O3/c1-22(10-11-6-7-12(19)8-13(11)20)17(23)9-16-18(24)21-14-4-2-3-5-15(14)25-16/h2-8,16H,9-10H2,1H3,(H,21,24)/t16-/m1/s1. The Morgan fingerprint density at radius 2 is 2.00 bits per heavy atom. The number of nitrogens with zero attached hydrogens (tertiary/aromatic N) is 1. The first-order valence-corrected chi connectivity index (χ1v) is 8.44. The molecule has 0 fully saturated rings. The van der Waals surface area contributed by atoms with Crippen molar-refractivity contribution in [3.8, 4) is 5.75 Å². The van der Waals surface area contributed by atoms with Crippen LogP contribution in [0.5, 0.6) is 5.75 Å². The van der Waals surface area contributed by atoms with Gasteiger partial charge in [-0.2, -0.15) is 0 Å². The quantitative estimate of drug-likeness (QED) is 0.881. The van der Waals surface area contributed by atoms with Gasteiger partial charge in [-0.25, -0.2) is 0 Å². The Balaban J connectivity index is 1.64. The number of halogens is 2. The lowest BCUT2D eigenvalue weighted by Gasteiger charge is -2.27. The predicted octanol–water partition coefficient (Wildman–Crippen LogP) is 3.74. The minimum absolute atomic E-state index is 0.0537. The van der Waals surface area contributed by atoms with E-state index >= 15 is 0 Å². The van der Waals surface area contributed by atoms with Crippen molar-refractivity contribution in [1.29, 1.82) is 0 Å². The maximum absolute atomic E-state index is 12.4. The van der Waals surface area contributed by atoms with E-state index in [1.165, 1.54) is 4.90 Å². The van der Waals surface area contributed by atoms with Crippen LogP contribution in [-0.4, -0.2) is 29.9 Å². The van der Waals surface area contributed by atoms with Gasteiger partial charge in [-0.3, -0.25) is 9.59 Å². The predicted molar refractivity (Wildman–Crippen MR) is 97.0 cm³/mol. The fourth-order valence-electron chi connectivity index (χ4n) is 2.54. The molecule has 0 aromatic heterocycles. The van der Waals surface area contributed by atoms with E-state index in [9.17, 15) is 9.59 Å². The van der Waals surface area contributed by atoms with E-state index in [2.05, 4.69) is 5.32 Å². The summed E-state index contributed by atoms with van der Waals surface area (Å²) in [6.45, 7) is 0.319. The molecule has 1 atom stereocenters. The SMILES string of the molecule is CN(Cc1ccc(Cl)cc1Cl)C(=O)C[C@H]1Oc2ccccc2NC1=O. The lowest BCUT2D eigenvalue weighted by molar-refractivity contribution is -0.136. The maximum atomic E-state index is 12.4. The zero-order valence-electron chi connectivity index (χ0n) is 13.5. The van der Waals surface area contributed by atoms with Crippen molar-refractivity contribution in [2.75, 3.05) is 12.4 Å². The summed E-state index contributed by atoms with van der Waals surface area (Å²) in [6.07, 6.45) is -0.910. The summed E-state index contributed by atoms with van der Waals surface area (Å²) in [5, 5.41) is 3.78. The lowest BCUT2D eigenvalue weighted by atomic mass is 10.1. The van der Waals surface area contributed by atoms with Crippen molar-refractivity contribution in [1.82, 2.24) is 4.90 Å². The normalized spacial score (nSPS) is 15.8. The number of benzene rings is 2. The van der Waals surface area contributed by atoms with Gasteiger partial charge < -0.3 is 15.0 Å². The Bertz CT molecular complexity index is 826. The van der Waals surface area contributed by atoms with Crippen LogP contribution in [0.1, 0.15) is 12.0 Å². The molecule has 0 radical (unpaired) electrons. The fraction of sp³-hybridized carbons (Fsp3) is 0.222. The van der Waals surface area contributed by atoms with Gasteiger partial charge in [-0.1, -0.05) is 41.4 Å². The van der Waals surface area contributed by atoms with Gasteiger partial charge in [0.1, 0.15) is 5.75 Å². The van der Waals surface area contributed by atoms with Crippen LogP contribution >= 0.6 is 23.2 Å². The minimum atomic E-state index is -0.856. The van der Waals surface area contributed by atoms with Crippen LogP contribution in [0.25, 0.3) is 0 Å². The second-order valence-corrected chi connectivity index (χ2v) is 6.63. The number of hydrogen-bond donors (Lipinski definition) is 1. The van der Waals surface area contributed by atoms with Gasteiger partial charge in [0.15, 0.2) is 6.10 Å². The van der Waals surface area contributed by atoms with E-state index in [4.69, 9.17) is 27.9 Å². The Morgan fingerprint density at radius 3 is 2.76 bits per heavy atom. The highest BCUT2D eigenvalue weighted by atomic mass is 35.5. The average Bonchev–Trinajstić information content (AvgIpc) is 2.58. The molecule has 0 aliphatic carbocycles. The zero-order valence-corrected chi connectivity index (χ0v) is 15.0. The number of carbonyl (C=O) groups is 2. The molecule has 2 aromatic carbocycles. The smallest absolute Gasteiger partial charge is 0.266 e. The third-order valence-electron chi connectivity index (χ3n) is 3.91. The number of fused-ring (bicyclic) bond motifs is 1. The molecule has 0 saturated heterocycles. The number of anilines is 1. The summed E-state index contributed by atoms with van der Waals surface area (Å²) in [7, 11) is 1.65. The van der Waals surface area contributed by atoms with E-state index < -0.39 is 6.10 Å². The Morgan fingerprint density at radius 1 is 1.24 bits per heavy atom. The molecule has 0 bridgehead atoms. The van der Waals surface area contributed by atoms with Crippen molar-refractivity contribution in [3.05, 3.63) is 58.1 Å². The Labute approximate surface area is 155 Å². The van der Waals surface area contributed by atoms with E-state index in [0.717, 1.165) is 5.56 Å². The van der Waals surface area contributed by atoms with Crippen molar-refractivity contribution in [3.63, 3.8) is 0 Å². The monoisotopic (exact) mass is 378 g/mol. The summed E-state index contributed by atoms with van der Waals surface area (Å²) < 4.78 is 5.65. The first kappa shape index (κ1) is 17.6. The molecular weight excluding hydrogens is 363 g/mol. The zero-order chi connectivity index (χ0) is 18.0. The van der Waals surface area contributed by atoms with Gasteiger partial charge in [0, 0.05) is 23.6 Å². The molecule has 0 saturated carbocycles. The molecule has 3 rings (SSSR count). The highest BCUT2D eigenvalue weighted by Gasteiger charge is 2.30. The molecule has 130 valence electrons. The van der Waals surface area contributed by atoms with Gasteiger partial charge in [0.05, 0.1) is 12.1 Å². The van der Waals surface area contributed by atoms with Gasteiger partial charge in [0.25, 0.3) is 5.91 Å².